The minimum Gasteiger partial charge on any atom is -0.465 e. The van der Waals surface area contributed by atoms with Crippen LogP contribution in [0.5, 0.6) is 0 Å². The number of para-hydroxylation sites is 2. The predicted octanol–water partition coefficient (Wildman–Crippen LogP) is 7.69. The van der Waals surface area contributed by atoms with Crippen molar-refractivity contribution in [2.45, 2.75) is 95.2 Å². The Hall–Kier alpha value is -3.97. The first kappa shape index (κ1) is 31.6. The Labute approximate surface area is 278 Å². The normalized spacial score (nSPS) is 22.6. The van der Waals surface area contributed by atoms with Gasteiger partial charge in [0.2, 0.25) is 0 Å². The molecular formula is C40H48N4O3. The highest BCUT2D eigenvalue weighted by molar-refractivity contribution is 5.98. The standard InChI is InChI=1S/C40H48N4O3/c1-27(2)29-12-14-32(15-13-29)40(18-21-42(22-19-40)38(45)30-8-7-9-31(24-30)39(46)47-4)20-23-43-33-16-17-34(43)26-35(25-33)44-28(3)41-36-10-5-6-11-37(36)44/h5-15,24,27,33-35H,16-23,25-26H2,1-4H3/t33-,34+,35?. The molecule has 0 N–H and O–H groups in total. The number of aryl methyl sites for hydroxylation is 1. The number of fused-ring (bicyclic) bond motifs is 3. The molecule has 0 spiro atoms. The van der Waals surface area contributed by atoms with Gasteiger partial charge in [-0.1, -0.05) is 56.3 Å². The van der Waals surface area contributed by atoms with Crippen molar-refractivity contribution in [2.75, 3.05) is 26.7 Å². The van der Waals surface area contributed by atoms with Gasteiger partial charge in [-0.2, -0.15) is 0 Å². The van der Waals surface area contributed by atoms with Gasteiger partial charge in [0.05, 0.1) is 23.7 Å². The van der Waals surface area contributed by atoms with Crippen LogP contribution in [0.25, 0.3) is 11.0 Å². The van der Waals surface area contributed by atoms with Gasteiger partial charge in [-0.25, -0.2) is 9.78 Å². The van der Waals surface area contributed by atoms with E-state index in [9.17, 15) is 9.59 Å². The second-order valence-electron chi connectivity index (χ2n) is 14.4. The zero-order chi connectivity index (χ0) is 32.7. The predicted molar refractivity (Wildman–Crippen MR) is 186 cm³/mol. The molecule has 3 atom stereocenters. The molecule has 3 aliphatic rings. The first-order valence-corrected chi connectivity index (χ1v) is 17.5. The van der Waals surface area contributed by atoms with Gasteiger partial charge >= 0.3 is 5.97 Å². The van der Waals surface area contributed by atoms with Crippen molar-refractivity contribution >= 4 is 22.9 Å². The van der Waals surface area contributed by atoms with Crippen LogP contribution in [0, 0.1) is 6.92 Å². The van der Waals surface area contributed by atoms with Crippen LogP contribution in [0.2, 0.25) is 0 Å². The molecule has 0 aliphatic carbocycles. The summed E-state index contributed by atoms with van der Waals surface area (Å²) in [5, 5.41) is 0. The molecule has 47 heavy (non-hydrogen) atoms. The quantitative estimate of drug-likeness (QED) is 0.186. The molecule has 3 aromatic carbocycles. The van der Waals surface area contributed by atoms with E-state index in [1.807, 2.05) is 4.90 Å². The van der Waals surface area contributed by atoms with Gasteiger partial charge in [0.15, 0.2) is 0 Å². The molecule has 0 saturated carbocycles. The van der Waals surface area contributed by atoms with E-state index in [0.29, 0.717) is 48.3 Å². The molecule has 1 aromatic heterocycles. The fraction of sp³-hybridized carbons (Fsp3) is 0.475. The van der Waals surface area contributed by atoms with Crippen LogP contribution >= 0.6 is 0 Å². The summed E-state index contributed by atoms with van der Waals surface area (Å²) in [6.45, 7) is 9.15. The highest BCUT2D eigenvalue weighted by Gasteiger charge is 2.44. The summed E-state index contributed by atoms with van der Waals surface area (Å²) in [5.74, 6) is 1.19. The van der Waals surface area contributed by atoms with Gasteiger partial charge in [0.1, 0.15) is 5.82 Å². The largest absolute Gasteiger partial charge is 0.465 e. The second-order valence-corrected chi connectivity index (χ2v) is 14.4. The van der Waals surface area contributed by atoms with Crippen molar-refractivity contribution in [3.8, 4) is 0 Å². The minimum absolute atomic E-state index is 0.0121. The van der Waals surface area contributed by atoms with Crippen molar-refractivity contribution in [2.24, 2.45) is 0 Å². The summed E-state index contributed by atoms with van der Waals surface area (Å²) < 4.78 is 7.40. The average molecular weight is 633 g/mol. The SMILES string of the molecule is COC(=O)c1cccc(C(=O)N2CCC(CCN3[C@@H]4CC[C@H]3CC(n3c(C)nc5ccccc53)C4)(c3ccc(C(C)C)cc3)CC2)c1. The zero-order valence-corrected chi connectivity index (χ0v) is 28.3. The Kier molecular flexibility index (Phi) is 8.69. The summed E-state index contributed by atoms with van der Waals surface area (Å²) in [4.78, 5) is 35.4. The van der Waals surface area contributed by atoms with Crippen LogP contribution in [0.4, 0.5) is 0 Å². The molecule has 246 valence electrons. The summed E-state index contributed by atoms with van der Waals surface area (Å²) in [7, 11) is 1.37. The number of piperidine rings is 2. The molecule has 0 radical (unpaired) electrons. The molecule has 3 saturated heterocycles. The number of imidazole rings is 1. The molecule has 4 heterocycles. The van der Waals surface area contributed by atoms with Crippen LogP contribution in [0.15, 0.2) is 72.8 Å². The molecule has 4 aromatic rings. The van der Waals surface area contributed by atoms with Gasteiger partial charge in [0, 0.05) is 36.8 Å². The number of likely N-dealkylation sites (tertiary alicyclic amines) is 1. The lowest BCUT2D eigenvalue weighted by Gasteiger charge is -2.46. The van der Waals surface area contributed by atoms with Crippen LogP contribution in [-0.4, -0.2) is 70.1 Å². The highest BCUT2D eigenvalue weighted by Crippen LogP contribution is 2.45. The molecule has 7 nitrogen and oxygen atoms in total. The van der Waals surface area contributed by atoms with Crippen LogP contribution in [0.3, 0.4) is 0 Å². The fourth-order valence-electron chi connectivity index (χ4n) is 8.91. The third-order valence-electron chi connectivity index (χ3n) is 11.6. The van der Waals surface area contributed by atoms with Crippen molar-refractivity contribution in [3.63, 3.8) is 0 Å². The number of esters is 1. The number of methoxy groups -OCH3 is 1. The van der Waals surface area contributed by atoms with Crippen molar-refractivity contribution < 1.29 is 14.3 Å². The van der Waals surface area contributed by atoms with Gasteiger partial charge in [0.25, 0.3) is 5.91 Å². The fourth-order valence-corrected chi connectivity index (χ4v) is 8.91. The van der Waals surface area contributed by atoms with E-state index >= 15 is 0 Å². The Morgan fingerprint density at radius 3 is 2.26 bits per heavy atom. The van der Waals surface area contributed by atoms with E-state index in [-0.39, 0.29) is 11.3 Å². The lowest BCUT2D eigenvalue weighted by molar-refractivity contribution is 0.0600. The Bertz CT molecular complexity index is 1740. The van der Waals surface area contributed by atoms with Gasteiger partial charge in [-0.05, 0) is 111 Å². The van der Waals surface area contributed by atoms with Crippen molar-refractivity contribution in [1.82, 2.24) is 19.4 Å². The van der Waals surface area contributed by atoms with Gasteiger partial charge < -0.3 is 14.2 Å². The second kappa shape index (κ2) is 12.9. The van der Waals surface area contributed by atoms with Crippen LogP contribution in [0.1, 0.15) is 108 Å². The van der Waals surface area contributed by atoms with E-state index in [1.165, 1.54) is 49.4 Å². The third-order valence-corrected chi connectivity index (χ3v) is 11.6. The summed E-state index contributed by atoms with van der Waals surface area (Å²) in [5.41, 5.74) is 6.12. The molecule has 7 rings (SSSR count). The molecule has 3 aliphatic heterocycles. The van der Waals surface area contributed by atoms with Crippen LogP contribution in [-0.2, 0) is 10.2 Å². The minimum atomic E-state index is -0.423. The molecule has 3 fully saturated rings. The van der Waals surface area contributed by atoms with Gasteiger partial charge in [-0.15, -0.1) is 0 Å². The number of ether oxygens (including phenoxy) is 1. The number of hydrogen-bond acceptors (Lipinski definition) is 5. The Morgan fingerprint density at radius 2 is 1.57 bits per heavy atom. The smallest absolute Gasteiger partial charge is 0.337 e. The number of rotatable bonds is 8. The van der Waals surface area contributed by atoms with Crippen LogP contribution < -0.4 is 0 Å². The summed E-state index contributed by atoms with van der Waals surface area (Å²) in [6, 6.07) is 26.5. The molecule has 7 heteroatoms. The van der Waals surface area contributed by atoms with E-state index < -0.39 is 5.97 Å². The highest BCUT2D eigenvalue weighted by atomic mass is 16.5. The Balaban J connectivity index is 1.08. The number of benzene rings is 3. The maximum atomic E-state index is 13.6. The molecule has 2 bridgehead atoms. The number of carbonyl (C=O) groups is 2. The summed E-state index contributed by atoms with van der Waals surface area (Å²) in [6.07, 6.45) is 7.87. The number of carbonyl (C=O) groups excluding carboxylic acids is 2. The monoisotopic (exact) mass is 632 g/mol. The zero-order valence-electron chi connectivity index (χ0n) is 28.3. The average Bonchev–Trinajstić information content (AvgIpc) is 3.56. The maximum absolute atomic E-state index is 13.6. The first-order chi connectivity index (χ1) is 22.8. The lowest BCUT2D eigenvalue weighted by atomic mass is 9.70. The molecule has 1 unspecified atom stereocenters. The van der Waals surface area contributed by atoms with E-state index in [1.54, 1.807) is 24.3 Å². The number of aromatic nitrogens is 2. The van der Waals surface area contributed by atoms with E-state index in [2.05, 4.69) is 78.8 Å². The van der Waals surface area contributed by atoms with E-state index in [4.69, 9.17) is 9.72 Å². The summed E-state index contributed by atoms with van der Waals surface area (Å²) >= 11 is 0. The lowest BCUT2D eigenvalue weighted by Crippen LogP contribution is -2.49. The Morgan fingerprint density at radius 1 is 0.894 bits per heavy atom. The molecule has 1 amide bonds. The molecular weight excluding hydrogens is 584 g/mol. The van der Waals surface area contributed by atoms with Crippen molar-refractivity contribution in [3.05, 3.63) is 101 Å². The number of amides is 1. The third kappa shape index (κ3) is 5.99. The number of nitrogens with zero attached hydrogens (tertiary/aromatic N) is 4. The number of hydrogen-bond donors (Lipinski definition) is 0. The first-order valence-electron chi connectivity index (χ1n) is 17.5. The topological polar surface area (TPSA) is 67.7 Å². The maximum Gasteiger partial charge on any atom is 0.337 e. The van der Waals surface area contributed by atoms with E-state index in [0.717, 1.165) is 37.1 Å². The van der Waals surface area contributed by atoms with Gasteiger partial charge in [-0.3, -0.25) is 9.69 Å². The van der Waals surface area contributed by atoms with Crippen molar-refractivity contribution in [1.29, 1.82) is 0 Å².